The fraction of sp³-hybridized carbons (Fsp3) is 0.300. The van der Waals surface area contributed by atoms with Crippen LogP contribution in [0.1, 0.15) is 0 Å². The third-order valence-corrected chi connectivity index (χ3v) is 2.70. The summed E-state index contributed by atoms with van der Waals surface area (Å²) < 4.78 is 10.4. The number of carbonyl (C=O) groups is 1. The van der Waals surface area contributed by atoms with Crippen molar-refractivity contribution in [2.75, 3.05) is 12.4 Å². The fourth-order valence-corrected chi connectivity index (χ4v) is 1.84. The average molecular weight is 210 g/mol. The maximum absolute atomic E-state index is 10.7. The smallest absolute Gasteiger partial charge is 0.367 e. The Bertz CT molecular complexity index is 312. The third kappa shape index (κ3) is 2.42. The first-order valence-electron chi connectivity index (χ1n) is 4.36. The number of rotatable bonds is 3. The Kier molecular flexibility index (Phi) is 2.93. The first kappa shape index (κ1) is 9.40. The molecule has 74 valence electrons. The van der Waals surface area contributed by atoms with Crippen LogP contribution in [0.15, 0.2) is 30.3 Å². The van der Waals surface area contributed by atoms with Crippen LogP contribution in [0, 0.1) is 0 Å². The highest BCUT2D eigenvalue weighted by atomic mass is 32.2. The molecule has 1 aromatic carbocycles. The Hall–Kier alpha value is -1.16. The SMILES string of the molecule is O=C1O[C@@H](COc2ccccc2)CS1. The van der Waals surface area contributed by atoms with Gasteiger partial charge in [0.15, 0.2) is 0 Å². The number of hydrogen-bond acceptors (Lipinski definition) is 4. The summed E-state index contributed by atoms with van der Waals surface area (Å²) in [5, 5.41) is -0.202. The van der Waals surface area contributed by atoms with Crippen LogP contribution in [0.2, 0.25) is 0 Å². The number of carbonyl (C=O) groups excluding carboxylic acids is 1. The molecule has 1 aliphatic heterocycles. The lowest BCUT2D eigenvalue weighted by Gasteiger charge is -2.09. The van der Waals surface area contributed by atoms with Crippen LogP contribution in [0.3, 0.4) is 0 Å². The maximum atomic E-state index is 10.7. The maximum Gasteiger partial charge on any atom is 0.367 e. The van der Waals surface area contributed by atoms with E-state index in [-0.39, 0.29) is 11.4 Å². The number of ether oxygens (including phenoxy) is 2. The van der Waals surface area contributed by atoms with Crippen LogP contribution in [0.5, 0.6) is 5.75 Å². The molecule has 0 radical (unpaired) electrons. The van der Waals surface area contributed by atoms with Gasteiger partial charge in [-0.15, -0.1) is 0 Å². The average Bonchev–Trinajstić information content (AvgIpc) is 2.63. The van der Waals surface area contributed by atoms with Crippen LogP contribution in [0.25, 0.3) is 0 Å². The van der Waals surface area contributed by atoms with E-state index in [4.69, 9.17) is 9.47 Å². The van der Waals surface area contributed by atoms with Crippen LogP contribution in [-0.2, 0) is 4.74 Å². The lowest BCUT2D eigenvalue weighted by atomic mass is 10.3. The van der Waals surface area contributed by atoms with Crippen molar-refractivity contribution >= 4 is 17.1 Å². The molecule has 0 unspecified atom stereocenters. The molecule has 1 atom stereocenters. The zero-order valence-corrected chi connectivity index (χ0v) is 8.33. The number of hydrogen-bond donors (Lipinski definition) is 0. The molecule has 0 N–H and O–H groups in total. The van der Waals surface area contributed by atoms with Crippen molar-refractivity contribution < 1.29 is 14.3 Å². The van der Waals surface area contributed by atoms with E-state index in [9.17, 15) is 4.79 Å². The van der Waals surface area contributed by atoms with E-state index in [1.54, 1.807) is 0 Å². The minimum Gasteiger partial charge on any atom is -0.490 e. The van der Waals surface area contributed by atoms with Crippen molar-refractivity contribution in [2.24, 2.45) is 0 Å². The number of cyclic esters (lactones) is 1. The molecule has 1 fully saturated rings. The second-order valence-electron chi connectivity index (χ2n) is 2.92. The minimum atomic E-state index is -0.202. The normalized spacial score (nSPS) is 20.6. The molecule has 0 bridgehead atoms. The summed E-state index contributed by atoms with van der Waals surface area (Å²) in [5.74, 6) is 1.49. The first-order valence-corrected chi connectivity index (χ1v) is 5.34. The van der Waals surface area contributed by atoms with Crippen LogP contribution < -0.4 is 4.74 Å². The lowest BCUT2D eigenvalue weighted by Crippen LogP contribution is -2.19. The van der Waals surface area contributed by atoms with Gasteiger partial charge < -0.3 is 9.47 Å². The summed E-state index contributed by atoms with van der Waals surface area (Å²) in [5.41, 5.74) is 0. The minimum absolute atomic E-state index is 0.104. The van der Waals surface area contributed by atoms with Crippen molar-refractivity contribution in [3.05, 3.63) is 30.3 Å². The summed E-state index contributed by atoms with van der Waals surface area (Å²) in [6.45, 7) is 0.433. The van der Waals surface area contributed by atoms with Gasteiger partial charge in [-0.1, -0.05) is 18.2 Å². The molecule has 1 aliphatic rings. The summed E-state index contributed by atoms with van der Waals surface area (Å²) in [6, 6.07) is 9.50. The van der Waals surface area contributed by atoms with Crippen LogP contribution in [0.4, 0.5) is 4.79 Å². The Balaban J connectivity index is 1.80. The lowest BCUT2D eigenvalue weighted by molar-refractivity contribution is 0.106. The zero-order valence-electron chi connectivity index (χ0n) is 7.51. The van der Waals surface area contributed by atoms with E-state index in [0.29, 0.717) is 12.4 Å². The molecule has 0 spiro atoms. The van der Waals surface area contributed by atoms with E-state index in [2.05, 4.69) is 0 Å². The second kappa shape index (κ2) is 4.37. The van der Waals surface area contributed by atoms with Gasteiger partial charge in [0.1, 0.15) is 18.5 Å². The summed E-state index contributed by atoms with van der Waals surface area (Å²) in [6.07, 6.45) is -0.104. The van der Waals surface area contributed by atoms with Gasteiger partial charge in [-0.3, -0.25) is 0 Å². The third-order valence-electron chi connectivity index (χ3n) is 1.83. The molecule has 0 saturated carbocycles. The molecule has 1 aromatic rings. The van der Waals surface area contributed by atoms with E-state index in [1.807, 2.05) is 30.3 Å². The van der Waals surface area contributed by atoms with Crippen molar-refractivity contribution in [1.29, 1.82) is 0 Å². The van der Waals surface area contributed by atoms with Gasteiger partial charge in [0, 0.05) is 5.75 Å². The highest BCUT2D eigenvalue weighted by Crippen LogP contribution is 2.20. The van der Waals surface area contributed by atoms with E-state index >= 15 is 0 Å². The van der Waals surface area contributed by atoms with Crippen LogP contribution >= 0.6 is 11.8 Å². The standard InChI is InChI=1S/C10H10O3S/c11-10-13-9(7-14-10)6-12-8-4-2-1-3-5-8/h1-5,9H,6-7H2/t9-/m0/s1. The van der Waals surface area contributed by atoms with Gasteiger partial charge >= 0.3 is 5.30 Å². The molecule has 1 heterocycles. The van der Waals surface area contributed by atoms with Crippen molar-refractivity contribution in [3.63, 3.8) is 0 Å². The Morgan fingerprint density at radius 2 is 2.21 bits per heavy atom. The van der Waals surface area contributed by atoms with E-state index in [0.717, 1.165) is 5.75 Å². The van der Waals surface area contributed by atoms with Gasteiger partial charge in [-0.05, 0) is 23.9 Å². The monoisotopic (exact) mass is 210 g/mol. The van der Waals surface area contributed by atoms with Gasteiger partial charge in [0.2, 0.25) is 0 Å². The number of para-hydroxylation sites is 1. The summed E-state index contributed by atoms with van der Waals surface area (Å²) in [7, 11) is 0. The van der Waals surface area contributed by atoms with Crippen LogP contribution in [-0.4, -0.2) is 23.8 Å². The van der Waals surface area contributed by atoms with Gasteiger partial charge in [-0.2, -0.15) is 0 Å². The molecular formula is C10H10O3S. The molecule has 2 rings (SSSR count). The number of benzene rings is 1. The largest absolute Gasteiger partial charge is 0.490 e. The van der Waals surface area contributed by atoms with Gasteiger partial charge in [0.25, 0.3) is 0 Å². The highest BCUT2D eigenvalue weighted by Gasteiger charge is 2.24. The molecule has 4 heteroatoms. The molecule has 1 saturated heterocycles. The molecule has 14 heavy (non-hydrogen) atoms. The zero-order chi connectivity index (χ0) is 9.80. The summed E-state index contributed by atoms with van der Waals surface area (Å²) in [4.78, 5) is 10.7. The second-order valence-corrected chi connectivity index (χ2v) is 3.88. The van der Waals surface area contributed by atoms with E-state index < -0.39 is 0 Å². The van der Waals surface area contributed by atoms with Crippen molar-refractivity contribution in [2.45, 2.75) is 6.10 Å². The fourth-order valence-electron chi connectivity index (χ4n) is 1.15. The molecule has 0 aliphatic carbocycles. The summed E-state index contributed by atoms with van der Waals surface area (Å²) >= 11 is 1.20. The Morgan fingerprint density at radius 1 is 1.43 bits per heavy atom. The Labute approximate surface area is 86.4 Å². The van der Waals surface area contributed by atoms with Gasteiger partial charge in [0.05, 0.1) is 0 Å². The molecular weight excluding hydrogens is 200 g/mol. The molecule has 3 nitrogen and oxygen atoms in total. The Morgan fingerprint density at radius 3 is 2.86 bits per heavy atom. The predicted molar refractivity (Wildman–Crippen MR) is 54.7 cm³/mol. The quantitative estimate of drug-likeness (QED) is 0.717. The van der Waals surface area contributed by atoms with Crippen molar-refractivity contribution in [3.8, 4) is 5.75 Å². The molecule has 0 aromatic heterocycles. The van der Waals surface area contributed by atoms with Crippen molar-refractivity contribution in [1.82, 2.24) is 0 Å². The van der Waals surface area contributed by atoms with E-state index in [1.165, 1.54) is 11.8 Å². The number of thioether (sulfide) groups is 1. The first-order chi connectivity index (χ1) is 6.84. The van der Waals surface area contributed by atoms with Gasteiger partial charge in [-0.25, -0.2) is 4.79 Å². The highest BCUT2D eigenvalue weighted by molar-refractivity contribution is 8.13. The topological polar surface area (TPSA) is 35.5 Å². The molecule has 0 amide bonds. The predicted octanol–water partition coefficient (Wildman–Crippen LogP) is 2.32.